The van der Waals surface area contributed by atoms with Crippen molar-refractivity contribution in [2.24, 2.45) is 16.5 Å². The number of nitrogens with one attached hydrogen (secondary N) is 2. The number of methoxy groups -OCH3 is 1. The fourth-order valence-corrected chi connectivity index (χ4v) is 3.76. The van der Waals surface area contributed by atoms with Crippen LogP contribution < -0.4 is 22.1 Å². The van der Waals surface area contributed by atoms with Gasteiger partial charge in [-0.2, -0.15) is 0 Å². The molecule has 0 amide bonds. The molecule has 0 saturated carbocycles. The Kier molecular flexibility index (Phi) is 6.97. The van der Waals surface area contributed by atoms with Crippen molar-refractivity contribution in [3.05, 3.63) is 76.6 Å². The summed E-state index contributed by atoms with van der Waals surface area (Å²) in [6, 6.07) is 13.5. The molecule has 0 saturated heterocycles. The van der Waals surface area contributed by atoms with Crippen molar-refractivity contribution in [3.63, 3.8) is 0 Å². The quantitative estimate of drug-likeness (QED) is 0.437. The van der Waals surface area contributed by atoms with Crippen molar-refractivity contribution in [2.45, 2.75) is 19.4 Å². The number of carbonyl (C=O) groups is 1. The highest BCUT2D eigenvalue weighted by molar-refractivity contribution is 6.09. The number of fused-ring (bicyclic) bond motifs is 1. The molecule has 1 unspecified atom stereocenters. The van der Waals surface area contributed by atoms with Gasteiger partial charge < -0.3 is 26.8 Å². The Labute approximate surface area is 182 Å². The smallest absolute Gasteiger partial charge is 0.337 e. The highest BCUT2D eigenvalue weighted by Crippen LogP contribution is 2.34. The van der Waals surface area contributed by atoms with Gasteiger partial charge in [0.2, 0.25) is 0 Å². The zero-order valence-electron chi connectivity index (χ0n) is 18.1. The number of anilines is 1. The van der Waals surface area contributed by atoms with E-state index in [1.165, 1.54) is 7.11 Å². The van der Waals surface area contributed by atoms with Gasteiger partial charge in [0.25, 0.3) is 0 Å². The number of allylic oxidation sites excluding steroid dienone is 2. The Morgan fingerprint density at radius 3 is 2.74 bits per heavy atom. The number of rotatable bonds is 5. The lowest BCUT2D eigenvalue weighted by atomic mass is 9.92. The third-order valence-electron chi connectivity index (χ3n) is 5.23. The van der Waals surface area contributed by atoms with Crippen LogP contribution in [0.3, 0.4) is 0 Å². The van der Waals surface area contributed by atoms with Gasteiger partial charge in [0.05, 0.1) is 24.4 Å². The van der Waals surface area contributed by atoms with Crippen LogP contribution in [0, 0.1) is 0 Å². The van der Waals surface area contributed by atoms with Crippen LogP contribution in [0.2, 0.25) is 0 Å². The minimum atomic E-state index is -0.366. The molecule has 0 aliphatic carbocycles. The van der Waals surface area contributed by atoms with Gasteiger partial charge in [0.15, 0.2) is 0 Å². The largest absolute Gasteiger partial charge is 0.465 e. The molecule has 0 spiro atoms. The first kappa shape index (κ1) is 22.0. The molecule has 0 aromatic heterocycles. The Hall–Kier alpha value is -3.74. The molecule has 6 N–H and O–H groups in total. The standard InChI is InChI=1S/C24H29N5O2/c1-15(26)23-20-8-7-16(18(13-25)14-27-2)12-21(20)22(9-10-28-23)29-19-6-4-5-17(11-19)24(30)31-3/h4-8,11-14,22,28-29H,9-10,25-26H2,1-3H3/b18-13?,23-15-,27-14?. The van der Waals surface area contributed by atoms with E-state index >= 15 is 0 Å². The number of hydrogen-bond donors (Lipinski definition) is 4. The summed E-state index contributed by atoms with van der Waals surface area (Å²) in [7, 11) is 3.09. The van der Waals surface area contributed by atoms with Crippen LogP contribution >= 0.6 is 0 Å². The highest BCUT2D eigenvalue weighted by atomic mass is 16.5. The Morgan fingerprint density at radius 1 is 1.26 bits per heavy atom. The van der Waals surface area contributed by atoms with E-state index in [1.54, 1.807) is 31.6 Å². The SMILES string of the molecule is CN=CC(=CN)c1ccc2c(c1)C(Nc1cccc(C(=O)OC)c1)CCN/C2=C(/C)N. The molecular weight excluding hydrogens is 390 g/mol. The lowest BCUT2D eigenvalue weighted by molar-refractivity contribution is 0.0601. The first-order valence-electron chi connectivity index (χ1n) is 10.1. The van der Waals surface area contributed by atoms with Crippen LogP contribution in [0.15, 0.2) is 59.4 Å². The Balaban J connectivity index is 2.07. The zero-order valence-corrected chi connectivity index (χ0v) is 18.1. The molecule has 2 aromatic rings. The van der Waals surface area contributed by atoms with Crippen molar-refractivity contribution < 1.29 is 9.53 Å². The third kappa shape index (κ3) is 4.88. The van der Waals surface area contributed by atoms with E-state index in [1.807, 2.05) is 25.1 Å². The second-order valence-corrected chi connectivity index (χ2v) is 7.35. The first-order valence-corrected chi connectivity index (χ1v) is 10.1. The molecule has 1 aliphatic rings. The number of nitrogens with two attached hydrogens (primary N) is 2. The van der Waals surface area contributed by atoms with Crippen LogP contribution in [0.5, 0.6) is 0 Å². The van der Waals surface area contributed by atoms with Crippen molar-refractivity contribution in [2.75, 3.05) is 26.0 Å². The van der Waals surface area contributed by atoms with E-state index in [2.05, 4.69) is 27.8 Å². The van der Waals surface area contributed by atoms with E-state index in [9.17, 15) is 4.79 Å². The zero-order chi connectivity index (χ0) is 22.4. The lowest BCUT2D eigenvalue weighted by Crippen LogP contribution is -2.17. The van der Waals surface area contributed by atoms with E-state index < -0.39 is 0 Å². The summed E-state index contributed by atoms with van der Waals surface area (Å²) in [6.45, 7) is 2.64. The van der Waals surface area contributed by atoms with Crippen molar-refractivity contribution in [1.82, 2.24) is 5.32 Å². The molecule has 1 aliphatic heterocycles. The normalized spacial score (nSPS) is 18.0. The van der Waals surface area contributed by atoms with Gasteiger partial charge in [-0.15, -0.1) is 0 Å². The predicted molar refractivity (Wildman–Crippen MR) is 127 cm³/mol. The topological polar surface area (TPSA) is 115 Å². The molecule has 0 fully saturated rings. The van der Waals surface area contributed by atoms with E-state index in [-0.39, 0.29) is 12.0 Å². The number of carbonyl (C=O) groups excluding carboxylic acids is 1. The van der Waals surface area contributed by atoms with Crippen LogP contribution in [0.4, 0.5) is 5.69 Å². The lowest BCUT2D eigenvalue weighted by Gasteiger charge is -2.22. The second kappa shape index (κ2) is 9.84. The summed E-state index contributed by atoms with van der Waals surface area (Å²) in [5, 5.41) is 7.03. The second-order valence-electron chi connectivity index (χ2n) is 7.35. The van der Waals surface area contributed by atoms with Gasteiger partial charge in [-0.25, -0.2) is 4.79 Å². The first-order chi connectivity index (χ1) is 15.0. The summed E-state index contributed by atoms with van der Waals surface area (Å²) >= 11 is 0. The number of esters is 1. The average Bonchev–Trinajstić information content (AvgIpc) is 2.96. The molecule has 7 nitrogen and oxygen atoms in total. The molecule has 0 bridgehead atoms. The van der Waals surface area contributed by atoms with Crippen molar-refractivity contribution >= 4 is 29.1 Å². The fourth-order valence-electron chi connectivity index (χ4n) is 3.76. The molecule has 7 heteroatoms. The summed E-state index contributed by atoms with van der Waals surface area (Å²) in [4.78, 5) is 16.0. The minimum absolute atomic E-state index is 0.00946. The maximum absolute atomic E-state index is 11.9. The van der Waals surface area contributed by atoms with Crippen LogP contribution in [0.25, 0.3) is 11.3 Å². The number of aliphatic imine (C=N–C) groups is 1. The van der Waals surface area contributed by atoms with Gasteiger partial charge in [0, 0.05) is 48.5 Å². The summed E-state index contributed by atoms with van der Waals surface area (Å²) in [5.74, 6) is -0.366. The molecule has 3 rings (SSSR count). The Bertz CT molecular complexity index is 1050. The molecular formula is C24H29N5O2. The number of hydrogen-bond acceptors (Lipinski definition) is 7. The average molecular weight is 420 g/mol. The number of benzene rings is 2. The van der Waals surface area contributed by atoms with Crippen molar-refractivity contribution in [1.29, 1.82) is 0 Å². The maximum Gasteiger partial charge on any atom is 0.337 e. The molecule has 1 atom stereocenters. The molecule has 162 valence electrons. The summed E-state index contributed by atoms with van der Waals surface area (Å²) < 4.78 is 4.85. The monoisotopic (exact) mass is 419 g/mol. The number of ether oxygens (including phenoxy) is 1. The Morgan fingerprint density at radius 2 is 2.06 bits per heavy atom. The minimum Gasteiger partial charge on any atom is -0.465 e. The third-order valence-corrected chi connectivity index (χ3v) is 5.23. The van der Waals surface area contributed by atoms with E-state index in [4.69, 9.17) is 16.2 Å². The summed E-state index contributed by atoms with van der Waals surface area (Å²) in [6.07, 6.45) is 4.11. The molecule has 1 heterocycles. The van der Waals surface area contributed by atoms with E-state index in [0.29, 0.717) is 5.56 Å². The van der Waals surface area contributed by atoms with Gasteiger partial charge in [-0.3, -0.25) is 4.99 Å². The maximum atomic E-state index is 11.9. The number of nitrogens with zero attached hydrogens (tertiary/aromatic N) is 1. The summed E-state index contributed by atoms with van der Waals surface area (Å²) in [5.41, 5.74) is 18.9. The fraction of sp³-hybridized carbons (Fsp3) is 0.250. The van der Waals surface area contributed by atoms with Gasteiger partial charge >= 0.3 is 5.97 Å². The van der Waals surface area contributed by atoms with Crippen molar-refractivity contribution in [3.8, 4) is 0 Å². The predicted octanol–water partition coefficient (Wildman–Crippen LogP) is 3.27. The van der Waals surface area contributed by atoms with Crippen LogP contribution in [0.1, 0.15) is 46.4 Å². The van der Waals surface area contributed by atoms with E-state index in [0.717, 1.165) is 52.3 Å². The molecule has 31 heavy (non-hydrogen) atoms. The van der Waals surface area contributed by atoms with Crippen LogP contribution in [-0.2, 0) is 4.74 Å². The highest BCUT2D eigenvalue weighted by Gasteiger charge is 2.23. The van der Waals surface area contributed by atoms with Gasteiger partial charge in [-0.1, -0.05) is 18.2 Å². The van der Waals surface area contributed by atoms with Gasteiger partial charge in [-0.05, 0) is 48.7 Å². The molecule has 0 radical (unpaired) electrons. The molecule has 2 aromatic carbocycles. The van der Waals surface area contributed by atoms with Gasteiger partial charge in [0.1, 0.15) is 0 Å². The van der Waals surface area contributed by atoms with Crippen LogP contribution in [-0.4, -0.2) is 32.9 Å².